The van der Waals surface area contributed by atoms with E-state index in [1.165, 1.54) is 0 Å². The monoisotopic (exact) mass is 316 g/mol. The molecule has 0 aromatic carbocycles. The maximum absolute atomic E-state index is 13.2. The molecular weight excluding hydrogens is 299 g/mol. The van der Waals surface area contributed by atoms with E-state index in [0.29, 0.717) is 12.8 Å². The van der Waals surface area contributed by atoms with Gasteiger partial charge in [-0.3, -0.25) is 9.78 Å². The Labute approximate surface area is 122 Å². The van der Waals surface area contributed by atoms with Gasteiger partial charge in [0, 0.05) is 12.7 Å². The van der Waals surface area contributed by atoms with E-state index in [0.717, 1.165) is 22.8 Å². The third kappa shape index (κ3) is 2.91. The highest BCUT2D eigenvalue weighted by atomic mass is 32.2. The predicted molar refractivity (Wildman–Crippen MR) is 72.5 cm³/mol. The van der Waals surface area contributed by atoms with Crippen LogP contribution < -0.4 is 0 Å². The Bertz CT molecular complexity index is 660. The largest absolute Gasteiger partial charge is 0.480 e. The number of aliphatic carboxylic acids is 1. The van der Waals surface area contributed by atoms with Gasteiger partial charge < -0.3 is 5.11 Å². The van der Waals surface area contributed by atoms with Crippen molar-refractivity contribution in [3.05, 3.63) is 24.3 Å². The second-order valence-electron chi connectivity index (χ2n) is 5.79. The van der Waals surface area contributed by atoms with E-state index in [4.69, 9.17) is 0 Å². The molecule has 21 heavy (non-hydrogen) atoms. The summed E-state index contributed by atoms with van der Waals surface area (Å²) in [7, 11) is -4.10. The first-order chi connectivity index (χ1) is 9.66. The maximum atomic E-state index is 13.2. The molecule has 1 unspecified atom stereocenters. The number of nitrogens with zero attached hydrogens (tertiary/aromatic N) is 2. The van der Waals surface area contributed by atoms with Gasteiger partial charge in [-0.1, -0.05) is 13.8 Å². The summed E-state index contributed by atoms with van der Waals surface area (Å²) in [5.74, 6) is -1.98. The lowest BCUT2D eigenvalue weighted by molar-refractivity contribution is -0.147. The van der Waals surface area contributed by atoms with Crippen molar-refractivity contribution >= 4 is 16.0 Å². The fraction of sp³-hybridized carbons (Fsp3) is 0.538. The van der Waals surface area contributed by atoms with Crippen molar-refractivity contribution in [2.45, 2.75) is 37.6 Å². The van der Waals surface area contributed by atoms with Crippen LogP contribution in [-0.4, -0.2) is 41.4 Å². The van der Waals surface area contributed by atoms with Crippen LogP contribution in [0.15, 0.2) is 23.4 Å². The van der Waals surface area contributed by atoms with Gasteiger partial charge >= 0.3 is 5.97 Å². The molecule has 1 fully saturated rings. The molecule has 1 saturated heterocycles. The van der Waals surface area contributed by atoms with Crippen LogP contribution >= 0.6 is 0 Å². The second-order valence-corrected chi connectivity index (χ2v) is 7.68. The Morgan fingerprint density at radius 1 is 1.48 bits per heavy atom. The van der Waals surface area contributed by atoms with E-state index in [9.17, 15) is 22.7 Å². The van der Waals surface area contributed by atoms with Gasteiger partial charge in [-0.05, 0) is 24.3 Å². The zero-order valence-electron chi connectivity index (χ0n) is 11.8. The van der Waals surface area contributed by atoms with Gasteiger partial charge in [0.25, 0.3) is 0 Å². The van der Waals surface area contributed by atoms with Crippen molar-refractivity contribution in [3.8, 4) is 0 Å². The molecule has 1 aromatic heterocycles. The smallest absolute Gasteiger partial charge is 0.322 e. The lowest BCUT2D eigenvalue weighted by atomic mass is 9.77. The van der Waals surface area contributed by atoms with E-state index in [1.54, 1.807) is 13.8 Å². The van der Waals surface area contributed by atoms with Gasteiger partial charge in [0.2, 0.25) is 10.0 Å². The summed E-state index contributed by atoms with van der Waals surface area (Å²) in [6.07, 6.45) is 3.09. The number of pyridine rings is 1. The van der Waals surface area contributed by atoms with E-state index in [2.05, 4.69) is 4.98 Å². The van der Waals surface area contributed by atoms with Crippen molar-refractivity contribution in [2.75, 3.05) is 6.54 Å². The summed E-state index contributed by atoms with van der Waals surface area (Å²) >= 11 is 0. The van der Waals surface area contributed by atoms with Gasteiger partial charge in [-0.25, -0.2) is 12.8 Å². The Morgan fingerprint density at radius 3 is 2.71 bits per heavy atom. The minimum Gasteiger partial charge on any atom is -0.480 e. The van der Waals surface area contributed by atoms with Crippen molar-refractivity contribution in [2.24, 2.45) is 5.41 Å². The SMILES string of the molecule is CC1(C)CCCN(S(=O)(=O)c2cncc(F)c2)C1C(=O)O. The number of hydrogen-bond acceptors (Lipinski definition) is 4. The van der Waals surface area contributed by atoms with Gasteiger partial charge in [0.1, 0.15) is 16.8 Å². The van der Waals surface area contributed by atoms with Crippen molar-refractivity contribution in [3.63, 3.8) is 0 Å². The molecule has 1 aliphatic heterocycles. The normalized spacial score (nSPS) is 22.9. The summed E-state index contributed by atoms with van der Waals surface area (Å²) in [4.78, 5) is 14.7. The lowest BCUT2D eigenvalue weighted by Crippen LogP contribution is -2.56. The molecule has 8 heteroatoms. The molecule has 6 nitrogen and oxygen atoms in total. The van der Waals surface area contributed by atoms with Crippen molar-refractivity contribution in [1.82, 2.24) is 9.29 Å². The highest BCUT2D eigenvalue weighted by molar-refractivity contribution is 7.89. The molecule has 1 N–H and O–H groups in total. The number of sulfonamides is 1. The molecule has 1 atom stereocenters. The number of rotatable bonds is 3. The summed E-state index contributed by atoms with van der Waals surface area (Å²) in [5.41, 5.74) is -0.697. The number of carboxylic acid groups (broad SMARTS) is 1. The molecule has 0 saturated carbocycles. The van der Waals surface area contributed by atoms with Gasteiger partial charge in [-0.15, -0.1) is 0 Å². The van der Waals surface area contributed by atoms with Crippen LogP contribution in [0.5, 0.6) is 0 Å². The van der Waals surface area contributed by atoms with Crippen LogP contribution in [0, 0.1) is 11.2 Å². The summed E-state index contributed by atoms with van der Waals surface area (Å²) in [6, 6.07) is -0.331. The quantitative estimate of drug-likeness (QED) is 0.912. The lowest BCUT2D eigenvalue weighted by Gasteiger charge is -2.42. The van der Waals surface area contributed by atoms with E-state index in [1.807, 2.05) is 0 Å². The van der Waals surface area contributed by atoms with Crippen LogP contribution in [0.2, 0.25) is 0 Å². The highest BCUT2D eigenvalue weighted by Gasteiger charge is 2.47. The first-order valence-electron chi connectivity index (χ1n) is 6.51. The third-order valence-corrected chi connectivity index (χ3v) is 5.58. The Hall–Kier alpha value is -1.54. The highest BCUT2D eigenvalue weighted by Crippen LogP contribution is 2.38. The van der Waals surface area contributed by atoms with Crippen LogP contribution in [0.25, 0.3) is 0 Å². The summed E-state index contributed by atoms with van der Waals surface area (Å²) in [6.45, 7) is 3.54. The third-order valence-electron chi connectivity index (χ3n) is 3.75. The molecule has 2 heterocycles. The number of piperidine rings is 1. The summed E-state index contributed by atoms with van der Waals surface area (Å²) in [5, 5.41) is 9.41. The first-order valence-corrected chi connectivity index (χ1v) is 7.95. The predicted octanol–water partition coefficient (Wildman–Crippen LogP) is 1.48. The zero-order chi connectivity index (χ0) is 15.8. The maximum Gasteiger partial charge on any atom is 0.322 e. The number of aromatic nitrogens is 1. The zero-order valence-corrected chi connectivity index (χ0v) is 12.6. The van der Waals surface area contributed by atoms with Crippen molar-refractivity contribution < 1.29 is 22.7 Å². The fourth-order valence-electron chi connectivity index (χ4n) is 2.73. The molecule has 1 aliphatic rings. The number of hydrogen-bond donors (Lipinski definition) is 1. The molecule has 0 amide bonds. The average molecular weight is 316 g/mol. The number of halogens is 1. The van der Waals surface area contributed by atoms with Crippen LogP contribution in [0.1, 0.15) is 26.7 Å². The molecular formula is C13H17FN2O4S. The molecule has 0 spiro atoms. The van der Waals surface area contributed by atoms with Gasteiger partial charge in [0.05, 0.1) is 6.20 Å². The first kappa shape index (κ1) is 15.8. The van der Waals surface area contributed by atoms with Gasteiger partial charge in [0.15, 0.2) is 0 Å². The van der Waals surface area contributed by atoms with Crippen LogP contribution in [-0.2, 0) is 14.8 Å². The van der Waals surface area contributed by atoms with E-state index < -0.39 is 33.3 Å². The topological polar surface area (TPSA) is 87.6 Å². The average Bonchev–Trinajstić information content (AvgIpc) is 2.36. The standard InChI is InChI=1S/C13H17FN2O4S/c1-13(2)4-3-5-16(11(13)12(17)18)21(19,20)10-6-9(14)7-15-8-10/h6-8,11H,3-5H2,1-2H3,(H,17,18). The minimum absolute atomic E-state index is 0.0965. The second kappa shape index (κ2) is 5.34. The van der Waals surface area contributed by atoms with Crippen LogP contribution in [0.4, 0.5) is 4.39 Å². The number of carboxylic acids is 1. The fourth-order valence-corrected chi connectivity index (χ4v) is 4.48. The molecule has 0 bridgehead atoms. The molecule has 1 aromatic rings. The minimum atomic E-state index is -4.10. The van der Waals surface area contributed by atoms with Crippen LogP contribution in [0.3, 0.4) is 0 Å². The number of carbonyl (C=O) groups is 1. The molecule has 116 valence electrons. The van der Waals surface area contributed by atoms with Gasteiger partial charge in [-0.2, -0.15) is 4.31 Å². The Kier molecular flexibility index (Phi) is 4.03. The molecule has 2 rings (SSSR count). The van der Waals surface area contributed by atoms with E-state index >= 15 is 0 Å². The molecule has 0 aliphatic carbocycles. The Morgan fingerprint density at radius 2 is 2.14 bits per heavy atom. The molecule has 0 radical (unpaired) electrons. The summed E-state index contributed by atoms with van der Waals surface area (Å²) < 4.78 is 39.3. The Balaban J connectivity index is 2.49. The van der Waals surface area contributed by atoms with Crippen molar-refractivity contribution in [1.29, 1.82) is 0 Å². The van der Waals surface area contributed by atoms with E-state index in [-0.39, 0.29) is 11.4 Å².